The molecule has 0 saturated carbocycles. The molecular formula is C9H15N3O. The van der Waals surface area contributed by atoms with E-state index < -0.39 is 0 Å². The molecule has 1 rings (SSSR count). The van der Waals surface area contributed by atoms with Crippen LogP contribution >= 0.6 is 0 Å². The number of hydrogen-bond donors (Lipinski definition) is 0. The molecule has 1 heterocycles. The van der Waals surface area contributed by atoms with Gasteiger partial charge in [0, 0.05) is 32.6 Å². The first-order valence-electron chi connectivity index (χ1n) is 4.23. The number of methoxy groups -OCH3 is 1. The zero-order valence-electron chi connectivity index (χ0n) is 8.32. The van der Waals surface area contributed by atoms with Gasteiger partial charge in [0.05, 0.1) is 6.61 Å². The zero-order chi connectivity index (χ0) is 9.68. The van der Waals surface area contributed by atoms with Gasteiger partial charge < -0.3 is 9.64 Å². The van der Waals surface area contributed by atoms with E-state index in [4.69, 9.17) is 4.74 Å². The molecule has 0 aliphatic rings. The fourth-order valence-electron chi connectivity index (χ4n) is 0.948. The van der Waals surface area contributed by atoms with Crippen LogP contribution in [-0.2, 0) is 4.74 Å². The minimum absolute atomic E-state index is 0.688. The molecular weight excluding hydrogens is 166 g/mol. The van der Waals surface area contributed by atoms with E-state index in [0.29, 0.717) is 6.61 Å². The fourth-order valence-corrected chi connectivity index (χ4v) is 0.948. The molecule has 0 fully saturated rings. The molecule has 1 aromatic rings. The van der Waals surface area contributed by atoms with Crippen molar-refractivity contribution < 1.29 is 4.74 Å². The monoisotopic (exact) mass is 181 g/mol. The van der Waals surface area contributed by atoms with Crippen LogP contribution in [0.3, 0.4) is 0 Å². The topological polar surface area (TPSA) is 38.2 Å². The summed E-state index contributed by atoms with van der Waals surface area (Å²) in [5.74, 6) is 0.747. The van der Waals surface area contributed by atoms with Crippen LogP contribution in [0.5, 0.6) is 0 Å². The summed E-state index contributed by atoms with van der Waals surface area (Å²) in [6.07, 6.45) is 1.76. The summed E-state index contributed by atoms with van der Waals surface area (Å²) in [5.41, 5.74) is 0.981. The van der Waals surface area contributed by atoms with Gasteiger partial charge in [0.1, 0.15) is 0 Å². The van der Waals surface area contributed by atoms with Gasteiger partial charge in [-0.1, -0.05) is 0 Å². The smallest absolute Gasteiger partial charge is 0.225 e. The third kappa shape index (κ3) is 2.99. The molecule has 13 heavy (non-hydrogen) atoms. The number of rotatable bonds is 4. The lowest BCUT2D eigenvalue weighted by Crippen LogP contribution is -2.24. The molecule has 0 amide bonds. The summed E-state index contributed by atoms with van der Waals surface area (Å²) in [7, 11) is 3.64. The SMILES string of the molecule is COCCN(C)c1nccc(C)n1. The maximum absolute atomic E-state index is 4.97. The Labute approximate surface area is 78.6 Å². The average Bonchev–Trinajstić information content (AvgIpc) is 2.14. The molecule has 4 nitrogen and oxygen atoms in total. The Morgan fingerprint density at radius 1 is 1.54 bits per heavy atom. The van der Waals surface area contributed by atoms with E-state index in [1.807, 2.05) is 24.9 Å². The van der Waals surface area contributed by atoms with E-state index in [1.54, 1.807) is 13.3 Å². The normalized spacial score (nSPS) is 10.1. The van der Waals surface area contributed by atoms with Crippen molar-refractivity contribution in [3.8, 4) is 0 Å². The summed E-state index contributed by atoms with van der Waals surface area (Å²) in [6.45, 7) is 3.45. The van der Waals surface area contributed by atoms with E-state index >= 15 is 0 Å². The van der Waals surface area contributed by atoms with Crippen molar-refractivity contribution in [2.75, 3.05) is 32.2 Å². The highest BCUT2D eigenvalue weighted by Gasteiger charge is 2.02. The number of ether oxygens (including phenoxy) is 1. The number of nitrogens with zero attached hydrogens (tertiary/aromatic N) is 3. The number of aromatic nitrogens is 2. The second kappa shape index (κ2) is 4.77. The molecule has 0 radical (unpaired) electrons. The number of aryl methyl sites for hydroxylation is 1. The highest BCUT2D eigenvalue weighted by Crippen LogP contribution is 2.03. The lowest BCUT2D eigenvalue weighted by molar-refractivity contribution is 0.206. The summed E-state index contributed by atoms with van der Waals surface area (Å²) in [5, 5.41) is 0. The van der Waals surface area contributed by atoms with E-state index in [0.717, 1.165) is 18.2 Å². The van der Waals surface area contributed by atoms with E-state index in [1.165, 1.54) is 0 Å². The third-order valence-corrected chi connectivity index (χ3v) is 1.75. The van der Waals surface area contributed by atoms with E-state index in [-0.39, 0.29) is 0 Å². The predicted octanol–water partition coefficient (Wildman–Crippen LogP) is 0.868. The Hall–Kier alpha value is -1.16. The lowest BCUT2D eigenvalue weighted by atomic mass is 10.4. The molecule has 0 aliphatic carbocycles. The fraction of sp³-hybridized carbons (Fsp3) is 0.556. The molecule has 1 aromatic heterocycles. The number of hydrogen-bond acceptors (Lipinski definition) is 4. The van der Waals surface area contributed by atoms with Crippen LogP contribution in [0.15, 0.2) is 12.3 Å². The quantitative estimate of drug-likeness (QED) is 0.690. The molecule has 0 atom stereocenters. The van der Waals surface area contributed by atoms with Gasteiger partial charge in [0.2, 0.25) is 5.95 Å². The highest BCUT2D eigenvalue weighted by molar-refractivity contribution is 5.28. The first-order chi connectivity index (χ1) is 6.24. The van der Waals surface area contributed by atoms with Gasteiger partial charge in [0.25, 0.3) is 0 Å². The van der Waals surface area contributed by atoms with Crippen molar-refractivity contribution in [1.29, 1.82) is 0 Å². The second-order valence-corrected chi connectivity index (χ2v) is 2.91. The molecule has 4 heteroatoms. The van der Waals surface area contributed by atoms with Gasteiger partial charge in [-0.2, -0.15) is 0 Å². The maximum atomic E-state index is 4.97. The number of likely N-dealkylation sites (N-methyl/N-ethyl adjacent to an activating group) is 1. The first-order valence-corrected chi connectivity index (χ1v) is 4.23. The van der Waals surface area contributed by atoms with Crippen LogP contribution in [0.1, 0.15) is 5.69 Å². The van der Waals surface area contributed by atoms with Gasteiger partial charge in [0.15, 0.2) is 0 Å². The van der Waals surface area contributed by atoms with Gasteiger partial charge in [-0.05, 0) is 13.0 Å². The summed E-state index contributed by atoms with van der Waals surface area (Å²) < 4.78 is 4.97. The molecule has 0 spiro atoms. The van der Waals surface area contributed by atoms with Crippen LogP contribution in [-0.4, -0.2) is 37.3 Å². The van der Waals surface area contributed by atoms with E-state index in [2.05, 4.69) is 9.97 Å². The molecule has 0 aromatic carbocycles. The largest absolute Gasteiger partial charge is 0.383 e. The second-order valence-electron chi connectivity index (χ2n) is 2.91. The number of anilines is 1. The molecule has 72 valence electrons. The summed E-state index contributed by atoms with van der Waals surface area (Å²) in [4.78, 5) is 10.4. The standard InChI is InChI=1S/C9H15N3O/c1-8-4-5-10-9(11-8)12(2)6-7-13-3/h4-5H,6-7H2,1-3H3. The molecule has 0 saturated heterocycles. The van der Waals surface area contributed by atoms with Gasteiger partial charge in [-0.25, -0.2) is 9.97 Å². The Balaban J connectivity index is 2.60. The Morgan fingerprint density at radius 3 is 2.92 bits per heavy atom. The van der Waals surface area contributed by atoms with Gasteiger partial charge in [-0.15, -0.1) is 0 Å². The minimum Gasteiger partial charge on any atom is -0.383 e. The van der Waals surface area contributed by atoms with Gasteiger partial charge >= 0.3 is 0 Å². The Morgan fingerprint density at radius 2 is 2.31 bits per heavy atom. The molecule has 0 N–H and O–H groups in total. The summed E-state index contributed by atoms with van der Waals surface area (Å²) >= 11 is 0. The van der Waals surface area contributed by atoms with Crippen molar-refractivity contribution in [1.82, 2.24) is 9.97 Å². The Bertz CT molecular complexity index is 265. The van der Waals surface area contributed by atoms with Crippen molar-refractivity contribution in [2.24, 2.45) is 0 Å². The Kier molecular flexibility index (Phi) is 3.64. The third-order valence-electron chi connectivity index (χ3n) is 1.75. The van der Waals surface area contributed by atoms with Crippen molar-refractivity contribution in [2.45, 2.75) is 6.92 Å². The maximum Gasteiger partial charge on any atom is 0.225 e. The van der Waals surface area contributed by atoms with Crippen molar-refractivity contribution in [3.63, 3.8) is 0 Å². The van der Waals surface area contributed by atoms with Crippen LogP contribution in [0.4, 0.5) is 5.95 Å². The molecule has 0 unspecified atom stereocenters. The highest BCUT2D eigenvalue weighted by atomic mass is 16.5. The van der Waals surface area contributed by atoms with E-state index in [9.17, 15) is 0 Å². The molecule has 0 bridgehead atoms. The average molecular weight is 181 g/mol. The first kappa shape index (κ1) is 9.92. The van der Waals surface area contributed by atoms with Crippen molar-refractivity contribution in [3.05, 3.63) is 18.0 Å². The minimum atomic E-state index is 0.688. The van der Waals surface area contributed by atoms with Gasteiger partial charge in [-0.3, -0.25) is 0 Å². The van der Waals surface area contributed by atoms with Crippen LogP contribution in [0.25, 0.3) is 0 Å². The predicted molar refractivity (Wildman–Crippen MR) is 51.9 cm³/mol. The molecule has 0 aliphatic heterocycles. The lowest BCUT2D eigenvalue weighted by Gasteiger charge is -2.15. The van der Waals surface area contributed by atoms with Crippen LogP contribution in [0, 0.1) is 6.92 Å². The summed E-state index contributed by atoms with van der Waals surface area (Å²) in [6, 6.07) is 1.88. The van der Waals surface area contributed by atoms with Crippen LogP contribution < -0.4 is 4.90 Å². The van der Waals surface area contributed by atoms with Crippen molar-refractivity contribution >= 4 is 5.95 Å². The zero-order valence-corrected chi connectivity index (χ0v) is 8.32. The van der Waals surface area contributed by atoms with Crippen LogP contribution in [0.2, 0.25) is 0 Å².